The molecule has 0 bridgehead atoms. The SMILES string of the molecule is CC1=C([O-])c2cccc(O)c2C(=O)C1C1C(=O)c2c(O)cccc2C([O-])=C1C. The van der Waals surface area contributed by atoms with E-state index in [-0.39, 0.29) is 44.9 Å². The minimum absolute atomic E-state index is 0.0780. The molecular weight excluding hydrogens is 360 g/mol. The van der Waals surface area contributed by atoms with Gasteiger partial charge in [-0.05, 0) is 37.1 Å². The van der Waals surface area contributed by atoms with E-state index >= 15 is 0 Å². The fourth-order valence-corrected chi connectivity index (χ4v) is 4.19. The number of phenolic OH excluding ortho intramolecular Hbond substituents is 2. The first-order valence-electron chi connectivity index (χ1n) is 8.74. The maximum atomic E-state index is 13.2. The lowest BCUT2D eigenvalue weighted by Gasteiger charge is -2.39. The van der Waals surface area contributed by atoms with E-state index in [1.165, 1.54) is 50.2 Å². The van der Waals surface area contributed by atoms with Gasteiger partial charge >= 0.3 is 0 Å². The van der Waals surface area contributed by atoms with Crippen LogP contribution in [0, 0.1) is 11.8 Å². The third-order valence-corrected chi connectivity index (χ3v) is 5.61. The smallest absolute Gasteiger partial charge is 0.175 e. The van der Waals surface area contributed by atoms with E-state index in [0.717, 1.165) is 0 Å². The first-order chi connectivity index (χ1) is 13.3. The summed E-state index contributed by atoms with van der Waals surface area (Å²) in [4.78, 5) is 26.4. The van der Waals surface area contributed by atoms with Gasteiger partial charge < -0.3 is 20.4 Å². The molecule has 0 heterocycles. The highest BCUT2D eigenvalue weighted by Gasteiger charge is 2.43. The number of Topliss-reactive ketones (excluding diaryl/α,β-unsaturated/α-hetero) is 2. The van der Waals surface area contributed by atoms with Gasteiger partial charge in [-0.2, -0.15) is 0 Å². The largest absolute Gasteiger partial charge is 0.872 e. The van der Waals surface area contributed by atoms with Crippen molar-refractivity contribution >= 4 is 23.1 Å². The number of carbonyl (C=O) groups is 2. The standard InChI is InChI=1S/C22H18O6/c1-9-15(21(27)17-11(19(9)25)5-3-7-13(17)23)16-10(2)20(26)12-6-4-8-14(24)18(12)22(16)28/h3-8,15-16,23-26H,1-2H3/p-2. The molecule has 2 atom stereocenters. The van der Waals surface area contributed by atoms with E-state index in [0.29, 0.717) is 0 Å². The van der Waals surface area contributed by atoms with Crippen LogP contribution in [0.2, 0.25) is 0 Å². The number of rotatable bonds is 1. The van der Waals surface area contributed by atoms with Crippen molar-refractivity contribution in [3.05, 3.63) is 69.8 Å². The fourth-order valence-electron chi connectivity index (χ4n) is 4.19. The van der Waals surface area contributed by atoms with E-state index in [9.17, 15) is 30.0 Å². The Morgan fingerprint density at radius 1 is 0.714 bits per heavy atom. The molecule has 4 rings (SSSR count). The number of phenols is 2. The number of hydrogen-bond donors (Lipinski definition) is 2. The quantitative estimate of drug-likeness (QED) is 0.780. The molecule has 0 fully saturated rings. The zero-order valence-corrected chi connectivity index (χ0v) is 15.1. The Kier molecular flexibility index (Phi) is 3.82. The molecule has 0 radical (unpaired) electrons. The molecule has 142 valence electrons. The molecular formula is C22H16O6-2. The number of hydrogen-bond acceptors (Lipinski definition) is 6. The Labute approximate surface area is 160 Å². The van der Waals surface area contributed by atoms with Gasteiger partial charge in [0.25, 0.3) is 0 Å². The molecule has 0 saturated carbocycles. The van der Waals surface area contributed by atoms with Crippen molar-refractivity contribution in [2.24, 2.45) is 11.8 Å². The summed E-state index contributed by atoms with van der Waals surface area (Å²) < 4.78 is 0. The Morgan fingerprint density at radius 2 is 1.07 bits per heavy atom. The number of carbonyl (C=O) groups excluding carboxylic acids is 2. The average Bonchev–Trinajstić information content (AvgIpc) is 2.66. The van der Waals surface area contributed by atoms with Crippen molar-refractivity contribution in [1.29, 1.82) is 0 Å². The molecule has 0 saturated heterocycles. The molecule has 28 heavy (non-hydrogen) atoms. The highest BCUT2D eigenvalue weighted by molar-refractivity contribution is 6.15. The van der Waals surface area contributed by atoms with Crippen LogP contribution in [-0.2, 0) is 0 Å². The molecule has 2 N–H and O–H groups in total. The molecule has 2 aliphatic rings. The lowest BCUT2D eigenvalue weighted by Crippen LogP contribution is -2.39. The van der Waals surface area contributed by atoms with E-state index in [1.807, 2.05) is 0 Å². The normalized spacial score (nSPS) is 21.6. The summed E-state index contributed by atoms with van der Waals surface area (Å²) in [7, 11) is 0. The van der Waals surface area contributed by atoms with Gasteiger partial charge in [0.05, 0.1) is 23.0 Å². The van der Waals surface area contributed by atoms with E-state index in [4.69, 9.17) is 0 Å². The van der Waals surface area contributed by atoms with Crippen LogP contribution in [0.5, 0.6) is 11.5 Å². The second-order valence-corrected chi connectivity index (χ2v) is 7.11. The van der Waals surface area contributed by atoms with Gasteiger partial charge in [-0.25, -0.2) is 0 Å². The Bertz CT molecular complexity index is 1030. The maximum Gasteiger partial charge on any atom is 0.175 e. The summed E-state index contributed by atoms with van der Waals surface area (Å²) in [6, 6.07) is 8.42. The summed E-state index contributed by atoms with van der Waals surface area (Å²) in [5.74, 6) is -5.19. The number of ketones is 2. The Balaban J connectivity index is 1.95. The number of fused-ring (bicyclic) bond motifs is 2. The third-order valence-electron chi connectivity index (χ3n) is 5.61. The Morgan fingerprint density at radius 3 is 1.43 bits per heavy atom. The summed E-state index contributed by atoms with van der Waals surface area (Å²) in [6.07, 6.45) is 0. The molecule has 2 aromatic rings. The minimum atomic E-state index is -1.21. The highest BCUT2D eigenvalue weighted by Crippen LogP contribution is 2.46. The second kappa shape index (κ2) is 5.99. The molecule has 0 amide bonds. The van der Waals surface area contributed by atoms with Crippen LogP contribution in [0.25, 0.3) is 11.5 Å². The molecule has 2 unspecified atom stereocenters. The van der Waals surface area contributed by atoms with Crippen molar-refractivity contribution in [3.63, 3.8) is 0 Å². The van der Waals surface area contributed by atoms with Gasteiger partial charge in [-0.15, -0.1) is 11.5 Å². The number of allylic oxidation sites excluding steroid dienone is 2. The molecule has 2 aliphatic carbocycles. The van der Waals surface area contributed by atoms with Crippen molar-refractivity contribution in [3.8, 4) is 11.5 Å². The Hall–Kier alpha value is -3.54. The van der Waals surface area contributed by atoms with Gasteiger partial charge in [0.2, 0.25) is 0 Å². The first-order valence-corrected chi connectivity index (χ1v) is 8.74. The topological polar surface area (TPSA) is 121 Å². The molecule has 6 heteroatoms. The predicted octanol–water partition coefficient (Wildman–Crippen LogP) is 1.61. The summed E-state index contributed by atoms with van der Waals surface area (Å²) in [6.45, 7) is 2.92. The predicted molar refractivity (Wildman–Crippen MR) is 97.0 cm³/mol. The van der Waals surface area contributed by atoms with Gasteiger partial charge in [0.1, 0.15) is 11.5 Å². The lowest BCUT2D eigenvalue weighted by molar-refractivity contribution is -0.247. The van der Waals surface area contributed by atoms with Crippen LogP contribution in [-0.4, -0.2) is 21.8 Å². The second-order valence-electron chi connectivity index (χ2n) is 7.11. The van der Waals surface area contributed by atoms with E-state index < -0.39 is 34.9 Å². The summed E-state index contributed by atoms with van der Waals surface area (Å²) in [5, 5.41) is 45.9. The van der Waals surface area contributed by atoms with Crippen molar-refractivity contribution in [2.75, 3.05) is 0 Å². The van der Waals surface area contributed by atoms with Gasteiger partial charge in [0.15, 0.2) is 11.6 Å². The molecule has 0 aromatic heterocycles. The van der Waals surface area contributed by atoms with Gasteiger partial charge in [0, 0.05) is 0 Å². The van der Waals surface area contributed by atoms with Crippen LogP contribution < -0.4 is 10.2 Å². The van der Waals surface area contributed by atoms with Gasteiger partial charge in [-0.1, -0.05) is 35.4 Å². The van der Waals surface area contributed by atoms with Crippen molar-refractivity contribution in [2.45, 2.75) is 13.8 Å². The number of benzene rings is 2. The van der Waals surface area contributed by atoms with E-state index in [1.54, 1.807) is 0 Å². The van der Waals surface area contributed by atoms with Crippen LogP contribution in [0.4, 0.5) is 0 Å². The lowest BCUT2D eigenvalue weighted by atomic mass is 9.67. The van der Waals surface area contributed by atoms with Crippen LogP contribution in [0.3, 0.4) is 0 Å². The maximum absolute atomic E-state index is 13.2. The molecule has 6 nitrogen and oxygen atoms in total. The molecule has 2 aromatic carbocycles. The average molecular weight is 376 g/mol. The fraction of sp³-hybridized carbons (Fsp3) is 0.182. The monoisotopic (exact) mass is 376 g/mol. The number of aromatic hydroxyl groups is 2. The molecule has 0 spiro atoms. The minimum Gasteiger partial charge on any atom is -0.872 e. The van der Waals surface area contributed by atoms with Crippen molar-refractivity contribution < 1.29 is 30.0 Å². The highest BCUT2D eigenvalue weighted by atomic mass is 16.3. The van der Waals surface area contributed by atoms with Crippen molar-refractivity contribution in [1.82, 2.24) is 0 Å². The van der Waals surface area contributed by atoms with Crippen LogP contribution in [0.15, 0.2) is 47.5 Å². The van der Waals surface area contributed by atoms with Crippen LogP contribution in [0.1, 0.15) is 45.7 Å². The third kappa shape index (κ3) is 2.21. The summed E-state index contributed by atoms with van der Waals surface area (Å²) in [5.41, 5.74) is 0.141. The zero-order chi connectivity index (χ0) is 20.3. The first kappa shape index (κ1) is 17.9. The van der Waals surface area contributed by atoms with E-state index in [2.05, 4.69) is 0 Å². The van der Waals surface area contributed by atoms with Crippen LogP contribution >= 0.6 is 0 Å². The van der Waals surface area contributed by atoms with Gasteiger partial charge in [-0.3, -0.25) is 9.59 Å². The zero-order valence-electron chi connectivity index (χ0n) is 15.1. The molecule has 0 aliphatic heterocycles. The summed E-state index contributed by atoms with van der Waals surface area (Å²) >= 11 is 0.